The minimum absolute atomic E-state index is 0.150. The van der Waals surface area contributed by atoms with Crippen molar-refractivity contribution in [3.63, 3.8) is 0 Å². The first kappa shape index (κ1) is 12.4. The van der Waals surface area contributed by atoms with Crippen molar-refractivity contribution in [3.05, 3.63) is 41.3 Å². The van der Waals surface area contributed by atoms with E-state index in [2.05, 4.69) is 47.2 Å². The molecule has 3 heteroatoms. The highest BCUT2D eigenvalue weighted by atomic mass is 14.9. The third-order valence-electron chi connectivity index (χ3n) is 3.12. The van der Waals surface area contributed by atoms with Crippen LogP contribution in [0.2, 0.25) is 0 Å². The van der Waals surface area contributed by atoms with E-state index in [0.717, 1.165) is 29.2 Å². The minimum Gasteiger partial charge on any atom is -0.344 e. The van der Waals surface area contributed by atoms with Crippen LogP contribution in [0, 0.1) is 25.2 Å². The molecule has 3 nitrogen and oxygen atoms in total. The van der Waals surface area contributed by atoms with Crippen molar-refractivity contribution >= 4 is 0 Å². The van der Waals surface area contributed by atoms with E-state index in [-0.39, 0.29) is 5.92 Å². The Balaban J connectivity index is 2.41. The highest BCUT2D eigenvalue weighted by Gasteiger charge is 2.15. The molecular formula is C15H17N3. The Morgan fingerprint density at radius 1 is 1.28 bits per heavy atom. The molecule has 0 aliphatic rings. The highest BCUT2D eigenvalue weighted by molar-refractivity contribution is 5.62. The van der Waals surface area contributed by atoms with Gasteiger partial charge in [-0.1, -0.05) is 36.8 Å². The first-order valence-electron chi connectivity index (χ1n) is 6.18. The molecule has 92 valence electrons. The van der Waals surface area contributed by atoms with Crippen LogP contribution in [-0.2, 0) is 0 Å². The zero-order valence-corrected chi connectivity index (χ0v) is 11.0. The molecule has 1 unspecified atom stereocenters. The lowest BCUT2D eigenvalue weighted by atomic mass is 10.1. The number of nitrogens with zero attached hydrogens (tertiary/aromatic N) is 2. The number of H-pyrrole nitrogens is 1. The summed E-state index contributed by atoms with van der Waals surface area (Å²) in [7, 11) is 0. The van der Waals surface area contributed by atoms with Gasteiger partial charge in [-0.25, -0.2) is 4.98 Å². The van der Waals surface area contributed by atoms with E-state index in [1.165, 1.54) is 5.56 Å². The van der Waals surface area contributed by atoms with Gasteiger partial charge in [-0.3, -0.25) is 0 Å². The first-order valence-corrected chi connectivity index (χ1v) is 6.18. The number of hydrogen-bond acceptors (Lipinski definition) is 2. The van der Waals surface area contributed by atoms with Gasteiger partial charge in [0.25, 0.3) is 0 Å². The number of nitrogens with one attached hydrogen (secondary N) is 1. The van der Waals surface area contributed by atoms with Gasteiger partial charge in [-0.2, -0.15) is 5.26 Å². The molecule has 1 aromatic heterocycles. The monoisotopic (exact) mass is 239 g/mol. The first-order chi connectivity index (χ1) is 8.65. The Hall–Kier alpha value is -2.08. The summed E-state index contributed by atoms with van der Waals surface area (Å²) in [5.41, 5.74) is 4.28. The number of hydrogen-bond donors (Lipinski definition) is 1. The lowest BCUT2D eigenvalue weighted by Crippen LogP contribution is -1.96. The maximum Gasteiger partial charge on any atom is 0.124 e. The summed E-state index contributed by atoms with van der Waals surface area (Å²) in [6, 6.07) is 10.6. The van der Waals surface area contributed by atoms with E-state index in [9.17, 15) is 0 Å². The Bertz CT molecular complexity index is 573. The Labute approximate surface area is 107 Å². The van der Waals surface area contributed by atoms with Crippen molar-refractivity contribution in [1.29, 1.82) is 5.26 Å². The van der Waals surface area contributed by atoms with Gasteiger partial charge in [0, 0.05) is 11.3 Å². The third kappa shape index (κ3) is 2.28. The molecule has 1 aromatic carbocycles. The average molecular weight is 239 g/mol. The van der Waals surface area contributed by atoms with Crippen molar-refractivity contribution in [2.75, 3.05) is 0 Å². The number of aromatic nitrogens is 2. The van der Waals surface area contributed by atoms with Gasteiger partial charge in [-0.15, -0.1) is 0 Å². The summed E-state index contributed by atoms with van der Waals surface area (Å²) in [5, 5.41) is 9.08. The summed E-state index contributed by atoms with van der Waals surface area (Å²) in [5.74, 6) is 0.621. The topological polar surface area (TPSA) is 52.5 Å². The quantitative estimate of drug-likeness (QED) is 0.887. The van der Waals surface area contributed by atoms with Gasteiger partial charge in [-0.05, 0) is 20.3 Å². The molecule has 2 rings (SSSR count). The molecule has 18 heavy (non-hydrogen) atoms. The van der Waals surface area contributed by atoms with Crippen molar-refractivity contribution < 1.29 is 0 Å². The molecule has 2 aromatic rings. The molecule has 0 saturated heterocycles. The van der Waals surface area contributed by atoms with E-state index in [1.807, 2.05) is 13.8 Å². The molecular weight excluding hydrogens is 222 g/mol. The molecule has 0 aliphatic carbocycles. The van der Waals surface area contributed by atoms with Gasteiger partial charge in [0.05, 0.1) is 11.8 Å². The molecule has 0 amide bonds. The summed E-state index contributed by atoms with van der Waals surface area (Å²) >= 11 is 0. The summed E-state index contributed by atoms with van der Waals surface area (Å²) in [6.45, 7) is 6.06. The maximum atomic E-state index is 9.08. The number of nitriles is 1. The van der Waals surface area contributed by atoms with Crippen LogP contribution in [0.3, 0.4) is 0 Å². The normalized spacial score (nSPS) is 12.1. The average Bonchev–Trinajstić information content (AvgIpc) is 2.74. The lowest BCUT2D eigenvalue weighted by molar-refractivity contribution is 0.764. The molecule has 0 bridgehead atoms. The largest absolute Gasteiger partial charge is 0.344 e. The molecule has 1 atom stereocenters. The Morgan fingerprint density at radius 3 is 2.50 bits per heavy atom. The highest BCUT2D eigenvalue weighted by Crippen LogP contribution is 2.25. The fourth-order valence-corrected chi connectivity index (χ4v) is 1.99. The third-order valence-corrected chi connectivity index (χ3v) is 3.12. The summed E-state index contributed by atoms with van der Waals surface area (Å²) in [6.07, 6.45) is 0.775. The standard InChI is InChI=1S/C15H17N3/c1-4-12(9-16)15-17-11(3)14(18-15)13-7-5-10(2)6-8-13/h5-8,12H,4H2,1-3H3,(H,17,18). The van der Waals surface area contributed by atoms with Crippen LogP contribution < -0.4 is 0 Å². The van der Waals surface area contributed by atoms with Crippen LogP contribution in [0.1, 0.15) is 36.3 Å². The molecule has 0 radical (unpaired) electrons. The lowest BCUT2D eigenvalue weighted by Gasteiger charge is -2.00. The number of aryl methyl sites for hydroxylation is 2. The van der Waals surface area contributed by atoms with Gasteiger partial charge in [0.2, 0.25) is 0 Å². The fourth-order valence-electron chi connectivity index (χ4n) is 1.99. The second kappa shape index (κ2) is 5.05. The zero-order chi connectivity index (χ0) is 13.1. The molecule has 0 spiro atoms. The van der Waals surface area contributed by atoms with Crippen LogP contribution >= 0.6 is 0 Å². The predicted molar refractivity (Wildman–Crippen MR) is 72.1 cm³/mol. The smallest absolute Gasteiger partial charge is 0.124 e. The van der Waals surface area contributed by atoms with Crippen molar-refractivity contribution in [2.24, 2.45) is 0 Å². The van der Waals surface area contributed by atoms with Gasteiger partial charge >= 0.3 is 0 Å². The van der Waals surface area contributed by atoms with E-state index in [1.54, 1.807) is 0 Å². The Kier molecular flexibility index (Phi) is 3.47. The summed E-state index contributed by atoms with van der Waals surface area (Å²) < 4.78 is 0. The molecule has 1 N–H and O–H groups in total. The predicted octanol–water partition coefficient (Wildman–Crippen LogP) is 3.71. The van der Waals surface area contributed by atoms with E-state index < -0.39 is 0 Å². The van der Waals surface area contributed by atoms with E-state index >= 15 is 0 Å². The summed E-state index contributed by atoms with van der Waals surface area (Å²) in [4.78, 5) is 7.80. The zero-order valence-electron chi connectivity index (χ0n) is 11.0. The number of imidazole rings is 1. The van der Waals surface area contributed by atoms with Crippen molar-refractivity contribution in [1.82, 2.24) is 9.97 Å². The van der Waals surface area contributed by atoms with Crippen molar-refractivity contribution in [2.45, 2.75) is 33.1 Å². The van der Waals surface area contributed by atoms with Gasteiger partial charge in [0.1, 0.15) is 11.7 Å². The van der Waals surface area contributed by atoms with Crippen LogP contribution in [0.15, 0.2) is 24.3 Å². The fraction of sp³-hybridized carbons (Fsp3) is 0.333. The number of benzene rings is 1. The Morgan fingerprint density at radius 2 is 1.94 bits per heavy atom. The minimum atomic E-state index is -0.150. The number of aromatic amines is 1. The molecule has 0 aliphatic heterocycles. The molecule has 1 heterocycles. The van der Waals surface area contributed by atoms with E-state index in [0.29, 0.717) is 0 Å². The van der Waals surface area contributed by atoms with Gasteiger partial charge < -0.3 is 4.98 Å². The van der Waals surface area contributed by atoms with Crippen LogP contribution in [0.5, 0.6) is 0 Å². The van der Waals surface area contributed by atoms with Crippen molar-refractivity contribution in [3.8, 4) is 17.3 Å². The van der Waals surface area contributed by atoms with E-state index in [4.69, 9.17) is 5.26 Å². The van der Waals surface area contributed by atoms with Crippen LogP contribution in [0.4, 0.5) is 0 Å². The van der Waals surface area contributed by atoms with Crippen LogP contribution in [0.25, 0.3) is 11.3 Å². The number of rotatable bonds is 3. The second-order valence-electron chi connectivity index (χ2n) is 4.55. The van der Waals surface area contributed by atoms with Gasteiger partial charge in [0.15, 0.2) is 0 Å². The molecule has 0 fully saturated rings. The maximum absolute atomic E-state index is 9.08. The van der Waals surface area contributed by atoms with Crippen LogP contribution in [-0.4, -0.2) is 9.97 Å². The SMILES string of the molecule is CCC(C#N)c1nc(-c2ccc(C)cc2)c(C)[nH]1. The molecule has 0 saturated carbocycles. The second-order valence-corrected chi connectivity index (χ2v) is 4.55.